The summed E-state index contributed by atoms with van der Waals surface area (Å²) in [7, 11) is 0. The van der Waals surface area contributed by atoms with Gasteiger partial charge in [-0.25, -0.2) is 4.98 Å². The number of aromatic nitrogens is 1. The van der Waals surface area contributed by atoms with Crippen molar-refractivity contribution in [2.45, 2.75) is 20.0 Å². The van der Waals surface area contributed by atoms with Crippen molar-refractivity contribution in [2.75, 3.05) is 5.73 Å². The summed E-state index contributed by atoms with van der Waals surface area (Å²) in [6, 6.07) is 1.84. The van der Waals surface area contributed by atoms with Gasteiger partial charge < -0.3 is 10.8 Å². The van der Waals surface area contributed by atoms with Gasteiger partial charge in [-0.3, -0.25) is 0 Å². The number of nitrogen functional groups attached to an aromatic ring is 1. The fraction of sp³-hybridized carbons (Fsp3) is 0.375. The molecule has 1 aromatic heterocycles. The first-order valence-corrected chi connectivity index (χ1v) is 3.51. The lowest BCUT2D eigenvalue weighted by Gasteiger charge is -2.05. The molecule has 11 heavy (non-hydrogen) atoms. The number of rotatable bonds is 1. The van der Waals surface area contributed by atoms with Gasteiger partial charge in [0.05, 0.1) is 6.10 Å². The second-order valence-electron chi connectivity index (χ2n) is 2.65. The summed E-state index contributed by atoms with van der Waals surface area (Å²) in [6.07, 6.45) is 1.12. The zero-order valence-electron chi connectivity index (χ0n) is 6.70. The van der Waals surface area contributed by atoms with Crippen molar-refractivity contribution in [3.05, 3.63) is 23.4 Å². The molecular formula is C8H12N2O. The average molecular weight is 152 g/mol. The van der Waals surface area contributed by atoms with Gasteiger partial charge in [0.25, 0.3) is 0 Å². The molecule has 0 aliphatic heterocycles. The van der Waals surface area contributed by atoms with E-state index in [-0.39, 0.29) is 0 Å². The van der Waals surface area contributed by atoms with Gasteiger partial charge in [0, 0.05) is 6.20 Å². The quantitative estimate of drug-likeness (QED) is 0.631. The number of nitrogens with two attached hydrogens (primary N) is 1. The van der Waals surface area contributed by atoms with Crippen molar-refractivity contribution in [2.24, 2.45) is 0 Å². The first kappa shape index (κ1) is 8.01. The Labute approximate surface area is 65.9 Å². The third kappa shape index (κ3) is 1.68. The van der Waals surface area contributed by atoms with E-state index < -0.39 is 6.10 Å². The molecule has 0 unspecified atom stereocenters. The molecule has 0 radical (unpaired) electrons. The van der Waals surface area contributed by atoms with E-state index in [1.807, 2.05) is 13.0 Å². The van der Waals surface area contributed by atoms with Gasteiger partial charge in [-0.2, -0.15) is 0 Å². The highest BCUT2D eigenvalue weighted by atomic mass is 16.3. The largest absolute Gasteiger partial charge is 0.389 e. The maximum Gasteiger partial charge on any atom is 0.126 e. The van der Waals surface area contributed by atoms with E-state index in [9.17, 15) is 0 Å². The van der Waals surface area contributed by atoms with Crippen LogP contribution >= 0.6 is 0 Å². The van der Waals surface area contributed by atoms with Crippen molar-refractivity contribution in [3.8, 4) is 0 Å². The highest BCUT2D eigenvalue weighted by molar-refractivity contribution is 5.39. The molecule has 3 heteroatoms. The van der Waals surface area contributed by atoms with Crippen LogP contribution in [0.1, 0.15) is 24.2 Å². The molecule has 1 atom stereocenters. The van der Waals surface area contributed by atoms with Crippen LogP contribution in [0.5, 0.6) is 0 Å². The first-order valence-electron chi connectivity index (χ1n) is 3.51. The molecule has 0 spiro atoms. The van der Waals surface area contributed by atoms with E-state index in [2.05, 4.69) is 4.98 Å². The summed E-state index contributed by atoms with van der Waals surface area (Å²) >= 11 is 0. The molecule has 0 aliphatic carbocycles. The van der Waals surface area contributed by atoms with Crippen LogP contribution in [0, 0.1) is 6.92 Å². The summed E-state index contributed by atoms with van der Waals surface area (Å²) in [5, 5.41) is 9.16. The third-order valence-electron chi connectivity index (χ3n) is 1.62. The Hall–Kier alpha value is -1.09. The zero-order valence-corrected chi connectivity index (χ0v) is 6.70. The monoisotopic (exact) mass is 152 g/mol. The molecule has 0 bridgehead atoms. The van der Waals surface area contributed by atoms with Gasteiger partial charge in [-0.15, -0.1) is 0 Å². The van der Waals surface area contributed by atoms with Crippen molar-refractivity contribution in [1.29, 1.82) is 0 Å². The minimum Gasteiger partial charge on any atom is -0.389 e. The molecule has 0 amide bonds. The highest BCUT2D eigenvalue weighted by Gasteiger charge is 2.02. The second kappa shape index (κ2) is 2.88. The van der Waals surface area contributed by atoms with E-state index in [4.69, 9.17) is 10.8 Å². The lowest BCUT2D eigenvalue weighted by Crippen LogP contribution is -1.98. The minimum absolute atomic E-state index is 0.471. The smallest absolute Gasteiger partial charge is 0.126 e. The van der Waals surface area contributed by atoms with Crippen LogP contribution in [0.2, 0.25) is 0 Å². The fourth-order valence-electron chi connectivity index (χ4n) is 0.836. The highest BCUT2D eigenvalue weighted by Crippen LogP contribution is 2.14. The Kier molecular flexibility index (Phi) is 2.10. The summed E-state index contributed by atoms with van der Waals surface area (Å²) in [5.74, 6) is 0.523. The second-order valence-corrected chi connectivity index (χ2v) is 2.65. The van der Waals surface area contributed by atoms with E-state index in [0.29, 0.717) is 5.82 Å². The molecule has 60 valence electrons. The predicted molar refractivity (Wildman–Crippen MR) is 44.0 cm³/mol. The molecule has 1 aromatic rings. The summed E-state index contributed by atoms with van der Waals surface area (Å²) in [5.41, 5.74) is 7.20. The Balaban J connectivity index is 3.05. The Bertz CT molecular complexity index is 258. The molecule has 0 saturated carbocycles. The van der Waals surface area contributed by atoms with Crippen molar-refractivity contribution in [1.82, 2.24) is 4.98 Å². The number of anilines is 1. The number of aryl methyl sites for hydroxylation is 1. The fourth-order valence-corrected chi connectivity index (χ4v) is 0.836. The van der Waals surface area contributed by atoms with E-state index in [0.717, 1.165) is 11.1 Å². The average Bonchev–Trinajstić information content (AvgIpc) is 1.94. The molecule has 0 saturated heterocycles. The van der Waals surface area contributed by atoms with E-state index in [1.54, 1.807) is 13.1 Å². The molecule has 3 N–H and O–H groups in total. The van der Waals surface area contributed by atoms with Crippen LogP contribution in [0.25, 0.3) is 0 Å². The molecule has 0 aliphatic rings. The minimum atomic E-state index is -0.471. The summed E-state index contributed by atoms with van der Waals surface area (Å²) < 4.78 is 0. The Morgan fingerprint density at radius 2 is 2.27 bits per heavy atom. The van der Waals surface area contributed by atoms with Crippen molar-refractivity contribution in [3.63, 3.8) is 0 Å². The molecule has 0 fully saturated rings. The molecule has 0 aromatic carbocycles. The molecule has 1 heterocycles. The lowest BCUT2D eigenvalue weighted by molar-refractivity contribution is 0.199. The van der Waals surface area contributed by atoms with Crippen molar-refractivity contribution < 1.29 is 5.11 Å². The maximum atomic E-state index is 9.16. The topological polar surface area (TPSA) is 59.1 Å². The number of hydrogen-bond acceptors (Lipinski definition) is 3. The van der Waals surface area contributed by atoms with Gasteiger partial charge in [0.2, 0.25) is 0 Å². The Morgan fingerprint density at radius 3 is 2.73 bits per heavy atom. The van der Waals surface area contributed by atoms with Crippen LogP contribution in [0.15, 0.2) is 12.3 Å². The van der Waals surface area contributed by atoms with Crippen LogP contribution in [0.3, 0.4) is 0 Å². The standard InChI is InChI=1S/C8H12N2O/c1-5-3-7(6(2)11)4-10-8(5)9/h3-4,6,11H,1-2H3,(H2,9,10)/t6-/m0/s1. The van der Waals surface area contributed by atoms with E-state index >= 15 is 0 Å². The summed E-state index contributed by atoms with van der Waals surface area (Å²) in [4.78, 5) is 3.92. The normalized spacial score (nSPS) is 13.0. The molecular weight excluding hydrogens is 140 g/mol. The SMILES string of the molecule is Cc1cc([C@H](C)O)cnc1N. The van der Waals surface area contributed by atoms with Crippen LogP contribution in [-0.2, 0) is 0 Å². The van der Waals surface area contributed by atoms with Crippen LogP contribution < -0.4 is 5.73 Å². The van der Waals surface area contributed by atoms with Crippen LogP contribution in [0.4, 0.5) is 5.82 Å². The third-order valence-corrected chi connectivity index (χ3v) is 1.62. The number of aliphatic hydroxyl groups excluding tert-OH is 1. The van der Waals surface area contributed by atoms with Crippen LogP contribution in [-0.4, -0.2) is 10.1 Å². The number of aliphatic hydroxyl groups is 1. The zero-order chi connectivity index (χ0) is 8.43. The first-order chi connectivity index (χ1) is 5.11. The van der Waals surface area contributed by atoms with Gasteiger partial charge in [0.15, 0.2) is 0 Å². The maximum absolute atomic E-state index is 9.16. The van der Waals surface area contributed by atoms with Gasteiger partial charge in [0.1, 0.15) is 5.82 Å². The van der Waals surface area contributed by atoms with Crippen molar-refractivity contribution >= 4 is 5.82 Å². The molecule has 3 nitrogen and oxygen atoms in total. The van der Waals surface area contributed by atoms with Gasteiger partial charge in [-0.05, 0) is 31.0 Å². The Morgan fingerprint density at radius 1 is 1.64 bits per heavy atom. The molecule has 1 rings (SSSR count). The van der Waals surface area contributed by atoms with Gasteiger partial charge in [-0.1, -0.05) is 0 Å². The summed E-state index contributed by atoms with van der Waals surface area (Å²) in [6.45, 7) is 3.57. The van der Waals surface area contributed by atoms with E-state index in [1.165, 1.54) is 0 Å². The number of hydrogen-bond donors (Lipinski definition) is 2. The van der Waals surface area contributed by atoms with Gasteiger partial charge >= 0.3 is 0 Å². The number of pyridine rings is 1. The predicted octanol–water partition coefficient (Wildman–Crippen LogP) is 1.03. The number of nitrogens with zero attached hydrogens (tertiary/aromatic N) is 1. The lowest BCUT2D eigenvalue weighted by atomic mass is 10.1.